The molecule has 0 N–H and O–H groups in total. The fourth-order valence-electron chi connectivity index (χ4n) is 7.12. The predicted molar refractivity (Wildman–Crippen MR) is 119 cm³/mol. The van der Waals surface area contributed by atoms with Gasteiger partial charge in [0.15, 0.2) is 0 Å². The second kappa shape index (κ2) is 8.74. The summed E-state index contributed by atoms with van der Waals surface area (Å²) >= 11 is 0. The molecule has 4 aliphatic rings. The summed E-state index contributed by atoms with van der Waals surface area (Å²) in [5.41, 5.74) is 3.16. The first-order valence-corrected chi connectivity index (χ1v) is 12.2. The van der Waals surface area contributed by atoms with Crippen molar-refractivity contribution in [3.05, 3.63) is 29.3 Å². The molecule has 31 heavy (non-hydrogen) atoms. The molecule has 0 bridgehead atoms. The van der Waals surface area contributed by atoms with Crippen molar-refractivity contribution in [2.45, 2.75) is 63.9 Å². The average Bonchev–Trinajstić information content (AvgIpc) is 3.13. The van der Waals surface area contributed by atoms with Gasteiger partial charge in [0.2, 0.25) is 0 Å². The maximum Gasteiger partial charge on any atom is 0.307 e. The van der Waals surface area contributed by atoms with Crippen LogP contribution in [0.3, 0.4) is 0 Å². The Balaban J connectivity index is 1.23. The Morgan fingerprint density at radius 1 is 1.19 bits per heavy atom. The number of nitrogens with zero attached hydrogens (tertiary/aromatic N) is 1. The van der Waals surface area contributed by atoms with Crippen molar-refractivity contribution in [1.29, 1.82) is 0 Å². The molecule has 1 heterocycles. The number of benzene rings is 1. The normalized spacial score (nSPS) is 35.0. The molecule has 0 spiro atoms. The Labute approximate surface area is 186 Å². The second-order valence-corrected chi connectivity index (χ2v) is 10.3. The summed E-state index contributed by atoms with van der Waals surface area (Å²) in [6, 6.07) is 6.68. The Bertz CT molecular complexity index is 805. The van der Waals surface area contributed by atoms with Crippen LogP contribution in [0.5, 0.6) is 5.75 Å². The van der Waals surface area contributed by atoms with Gasteiger partial charge in [-0.05, 0) is 79.5 Å². The Hall–Kier alpha value is -1.59. The second-order valence-electron chi connectivity index (χ2n) is 10.3. The fourth-order valence-corrected chi connectivity index (χ4v) is 7.12. The van der Waals surface area contributed by atoms with Gasteiger partial charge in [-0.1, -0.05) is 13.0 Å². The lowest BCUT2D eigenvalue weighted by Crippen LogP contribution is -2.45. The molecule has 1 aromatic carbocycles. The molecule has 3 aliphatic carbocycles. The number of aryl methyl sites for hydroxylation is 1. The standard InChI is InChI=1S/C26H37NO4/c1-26-11-9-21-20-6-4-19(29-2)17-18(20)3-5-22(21)23(26)7-8-24(26)31-25(28)10-12-27-13-15-30-16-14-27/h4,6,17,21-24H,3,5,7-16H2,1-2H3/t21?,22?,23?,24?,26-/m0/s1. The summed E-state index contributed by atoms with van der Waals surface area (Å²) in [5.74, 6) is 3.00. The molecule has 1 saturated heterocycles. The quantitative estimate of drug-likeness (QED) is 0.660. The zero-order valence-electron chi connectivity index (χ0n) is 19.1. The monoisotopic (exact) mass is 427 g/mol. The third kappa shape index (κ3) is 4.00. The van der Waals surface area contributed by atoms with Gasteiger partial charge in [0.05, 0.1) is 26.7 Å². The predicted octanol–water partition coefficient (Wildman–Crippen LogP) is 4.19. The zero-order chi connectivity index (χ0) is 21.4. The van der Waals surface area contributed by atoms with Gasteiger partial charge in [0.25, 0.3) is 0 Å². The highest BCUT2D eigenvalue weighted by Crippen LogP contribution is 2.61. The summed E-state index contributed by atoms with van der Waals surface area (Å²) in [6.45, 7) is 6.59. The van der Waals surface area contributed by atoms with Crippen LogP contribution in [-0.2, 0) is 20.7 Å². The first-order valence-electron chi connectivity index (χ1n) is 12.2. The van der Waals surface area contributed by atoms with Gasteiger partial charge in [-0.15, -0.1) is 0 Å². The molecule has 1 aromatic rings. The summed E-state index contributed by atoms with van der Waals surface area (Å²) in [7, 11) is 1.75. The third-order valence-corrected chi connectivity index (χ3v) is 8.86. The Morgan fingerprint density at radius 3 is 2.84 bits per heavy atom. The van der Waals surface area contributed by atoms with Gasteiger partial charge < -0.3 is 14.2 Å². The largest absolute Gasteiger partial charge is 0.497 e. The van der Waals surface area contributed by atoms with E-state index in [4.69, 9.17) is 14.2 Å². The van der Waals surface area contributed by atoms with E-state index in [0.29, 0.717) is 18.3 Å². The number of ether oxygens (including phenoxy) is 3. The number of carbonyl (C=O) groups excluding carboxylic acids is 1. The van der Waals surface area contributed by atoms with Crippen LogP contribution in [0.25, 0.3) is 0 Å². The first kappa shape index (κ1) is 21.3. The van der Waals surface area contributed by atoms with Crippen LogP contribution < -0.4 is 4.74 Å². The van der Waals surface area contributed by atoms with E-state index in [2.05, 4.69) is 30.0 Å². The number of rotatable bonds is 5. The van der Waals surface area contributed by atoms with E-state index in [1.54, 1.807) is 12.7 Å². The van der Waals surface area contributed by atoms with E-state index >= 15 is 0 Å². The highest BCUT2D eigenvalue weighted by atomic mass is 16.5. The van der Waals surface area contributed by atoms with Gasteiger partial charge in [0.1, 0.15) is 11.9 Å². The van der Waals surface area contributed by atoms with Crippen LogP contribution in [0.15, 0.2) is 18.2 Å². The average molecular weight is 428 g/mol. The third-order valence-electron chi connectivity index (χ3n) is 8.86. The van der Waals surface area contributed by atoms with Crippen molar-refractivity contribution in [1.82, 2.24) is 4.90 Å². The van der Waals surface area contributed by atoms with Crippen LogP contribution in [-0.4, -0.2) is 56.9 Å². The Kier molecular flexibility index (Phi) is 6.00. The van der Waals surface area contributed by atoms with Crippen molar-refractivity contribution in [2.75, 3.05) is 40.0 Å². The van der Waals surface area contributed by atoms with Gasteiger partial charge in [0, 0.05) is 25.0 Å². The number of carbonyl (C=O) groups is 1. The van der Waals surface area contributed by atoms with Crippen molar-refractivity contribution in [3.8, 4) is 5.75 Å². The van der Waals surface area contributed by atoms with Crippen molar-refractivity contribution in [2.24, 2.45) is 17.3 Å². The van der Waals surface area contributed by atoms with E-state index in [9.17, 15) is 4.79 Å². The summed E-state index contributed by atoms with van der Waals surface area (Å²) in [6.07, 6.45) is 7.58. The SMILES string of the molecule is COc1ccc2c(c1)CCC1C2CC[C@]2(C)C(OC(=O)CCN3CCOCC3)CCC12. The minimum absolute atomic E-state index is 0.0124. The molecule has 1 aliphatic heterocycles. The fraction of sp³-hybridized carbons (Fsp3) is 0.731. The number of hydrogen-bond donors (Lipinski definition) is 0. The van der Waals surface area contributed by atoms with Crippen LogP contribution >= 0.6 is 0 Å². The highest BCUT2D eigenvalue weighted by Gasteiger charge is 2.56. The van der Waals surface area contributed by atoms with Gasteiger partial charge in [-0.2, -0.15) is 0 Å². The smallest absolute Gasteiger partial charge is 0.307 e. The maximum absolute atomic E-state index is 12.7. The van der Waals surface area contributed by atoms with Crippen molar-refractivity contribution < 1.29 is 19.0 Å². The maximum atomic E-state index is 12.7. The van der Waals surface area contributed by atoms with E-state index in [1.165, 1.54) is 24.8 Å². The molecular formula is C26H37NO4. The molecule has 170 valence electrons. The highest BCUT2D eigenvalue weighted by molar-refractivity contribution is 5.70. The lowest BCUT2D eigenvalue weighted by molar-refractivity contribution is -0.158. The first-order chi connectivity index (χ1) is 15.1. The molecule has 0 amide bonds. The van der Waals surface area contributed by atoms with Gasteiger partial charge >= 0.3 is 5.97 Å². The van der Waals surface area contributed by atoms with Gasteiger partial charge in [-0.25, -0.2) is 0 Å². The molecule has 5 heteroatoms. The summed E-state index contributed by atoms with van der Waals surface area (Å²) in [4.78, 5) is 15.0. The molecule has 0 aromatic heterocycles. The molecule has 2 saturated carbocycles. The number of fused-ring (bicyclic) bond motifs is 5. The van der Waals surface area contributed by atoms with E-state index < -0.39 is 0 Å². The number of morpholine rings is 1. The number of hydrogen-bond acceptors (Lipinski definition) is 5. The van der Waals surface area contributed by atoms with E-state index in [-0.39, 0.29) is 17.5 Å². The lowest BCUT2D eigenvalue weighted by Gasteiger charge is -2.50. The van der Waals surface area contributed by atoms with Crippen LogP contribution in [0.2, 0.25) is 0 Å². The van der Waals surface area contributed by atoms with Crippen LogP contribution in [0.1, 0.15) is 62.5 Å². The molecule has 5 atom stereocenters. The molecule has 5 rings (SSSR count). The van der Waals surface area contributed by atoms with E-state index in [0.717, 1.165) is 63.8 Å². The van der Waals surface area contributed by atoms with E-state index in [1.807, 2.05) is 0 Å². The zero-order valence-corrected chi connectivity index (χ0v) is 19.1. The summed E-state index contributed by atoms with van der Waals surface area (Å²) in [5, 5.41) is 0. The summed E-state index contributed by atoms with van der Waals surface area (Å²) < 4.78 is 17.0. The topological polar surface area (TPSA) is 48.0 Å². The molecular weight excluding hydrogens is 390 g/mol. The van der Waals surface area contributed by atoms with Crippen molar-refractivity contribution in [3.63, 3.8) is 0 Å². The molecule has 4 unspecified atom stereocenters. The molecule has 3 fully saturated rings. The lowest BCUT2D eigenvalue weighted by atomic mass is 9.55. The molecule has 5 nitrogen and oxygen atoms in total. The minimum atomic E-state index is -0.0124. The van der Waals surface area contributed by atoms with Crippen LogP contribution in [0, 0.1) is 17.3 Å². The number of methoxy groups -OCH3 is 1. The number of esters is 1. The van der Waals surface area contributed by atoms with Crippen LogP contribution in [0.4, 0.5) is 0 Å². The molecule has 0 radical (unpaired) electrons. The van der Waals surface area contributed by atoms with Crippen molar-refractivity contribution >= 4 is 5.97 Å². The van der Waals surface area contributed by atoms with Gasteiger partial charge in [-0.3, -0.25) is 9.69 Å². The Morgan fingerprint density at radius 2 is 2.03 bits per heavy atom. The minimum Gasteiger partial charge on any atom is -0.497 e.